The van der Waals surface area contributed by atoms with Crippen LogP contribution in [0.2, 0.25) is 0 Å². The third-order valence-corrected chi connectivity index (χ3v) is 4.78. The van der Waals surface area contributed by atoms with Crippen LogP contribution >= 0.6 is 11.8 Å². The molecule has 0 aliphatic carbocycles. The van der Waals surface area contributed by atoms with Crippen LogP contribution in [0.5, 0.6) is 0 Å². The minimum atomic E-state index is 0.0928. The van der Waals surface area contributed by atoms with Crippen molar-refractivity contribution >= 4 is 17.7 Å². The van der Waals surface area contributed by atoms with Crippen LogP contribution in [0.3, 0.4) is 0 Å². The van der Waals surface area contributed by atoms with Crippen LogP contribution in [0.25, 0.3) is 5.69 Å². The highest BCUT2D eigenvalue weighted by Gasteiger charge is 2.16. The third kappa shape index (κ3) is 3.90. The minimum Gasteiger partial charge on any atom is -0.352 e. The number of amides is 1. The fraction of sp³-hybridized carbons (Fsp3) is 0.375. The van der Waals surface area contributed by atoms with Gasteiger partial charge in [-0.3, -0.25) is 4.79 Å². The number of benzene rings is 1. The highest BCUT2D eigenvalue weighted by Crippen LogP contribution is 2.14. The molecule has 1 aliphatic heterocycles. The molecule has 2 N–H and O–H groups in total. The van der Waals surface area contributed by atoms with Crippen molar-refractivity contribution in [2.45, 2.75) is 19.0 Å². The fourth-order valence-corrected chi connectivity index (χ4v) is 3.48. The molecule has 5 nitrogen and oxygen atoms in total. The largest absolute Gasteiger partial charge is 0.352 e. The predicted octanol–water partition coefficient (Wildman–Crippen LogP) is 1.58. The number of aromatic nitrogens is 2. The molecule has 2 heterocycles. The molecule has 2 aromatic rings. The lowest BCUT2D eigenvalue weighted by atomic mass is 10.1. The molecule has 1 unspecified atom stereocenters. The quantitative estimate of drug-likeness (QED) is 0.879. The van der Waals surface area contributed by atoms with Gasteiger partial charge in [-0.2, -0.15) is 16.9 Å². The average molecular weight is 316 g/mol. The van der Waals surface area contributed by atoms with E-state index in [-0.39, 0.29) is 5.91 Å². The van der Waals surface area contributed by atoms with E-state index in [9.17, 15) is 4.79 Å². The van der Waals surface area contributed by atoms with Gasteiger partial charge in [0.25, 0.3) is 0 Å². The van der Waals surface area contributed by atoms with Gasteiger partial charge in [-0.05, 0) is 17.7 Å². The molecule has 6 heteroatoms. The maximum Gasteiger partial charge on any atom is 0.221 e. The summed E-state index contributed by atoms with van der Waals surface area (Å²) in [5.41, 5.74) is 2.06. The number of nitrogens with zero attached hydrogens (tertiary/aromatic N) is 2. The van der Waals surface area contributed by atoms with E-state index in [0.29, 0.717) is 19.0 Å². The van der Waals surface area contributed by atoms with Crippen LogP contribution in [0.1, 0.15) is 12.0 Å². The molecule has 0 radical (unpaired) electrons. The molecular weight excluding hydrogens is 296 g/mol. The first-order valence-electron chi connectivity index (χ1n) is 7.48. The molecule has 0 saturated carbocycles. The summed E-state index contributed by atoms with van der Waals surface area (Å²) in [4.78, 5) is 12.1. The van der Waals surface area contributed by atoms with Crippen molar-refractivity contribution in [3.63, 3.8) is 0 Å². The highest BCUT2D eigenvalue weighted by molar-refractivity contribution is 7.99. The number of thioether (sulfide) groups is 1. The van der Waals surface area contributed by atoms with Crippen molar-refractivity contribution < 1.29 is 4.79 Å². The Bertz CT molecular complexity index is 608. The van der Waals surface area contributed by atoms with E-state index in [2.05, 4.69) is 15.7 Å². The van der Waals surface area contributed by atoms with Crippen molar-refractivity contribution in [2.24, 2.45) is 0 Å². The van der Waals surface area contributed by atoms with Gasteiger partial charge in [0.15, 0.2) is 0 Å². The maximum atomic E-state index is 12.1. The summed E-state index contributed by atoms with van der Waals surface area (Å²) < 4.78 is 1.82. The van der Waals surface area contributed by atoms with Gasteiger partial charge < -0.3 is 10.6 Å². The van der Waals surface area contributed by atoms with E-state index in [1.54, 1.807) is 6.20 Å². The van der Waals surface area contributed by atoms with Crippen LogP contribution in [-0.4, -0.2) is 39.8 Å². The van der Waals surface area contributed by atoms with Crippen LogP contribution in [0.4, 0.5) is 0 Å². The van der Waals surface area contributed by atoms with Crippen LogP contribution < -0.4 is 10.6 Å². The molecule has 1 aromatic carbocycles. The standard InChI is InChI=1S/C16H20N4OS/c21-16(10-14-12-22-9-7-17-14)18-11-13-4-1-2-5-15(13)20-8-3-6-19-20/h1-6,8,14,17H,7,9-12H2,(H,18,21). The number of para-hydroxylation sites is 1. The second kappa shape index (κ2) is 7.47. The molecule has 1 atom stereocenters. The van der Waals surface area contributed by atoms with Crippen molar-refractivity contribution in [1.82, 2.24) is 20.4 Å². The number of carbonyl (C=O) groups is 1. The number of hydrogen-bond acceptors (Lipinski definition) is 4. The van der Waals surface area contributed by atoms with E-state index in [4.69, 9.17) is 0 Å². The number of hydrogen-bond donors (Lipinski definition) is 2. The Labute approximate surface area is 134 Å². The van der Waals surface area contributed by atoms with Crippen molar-refractivity contribution in [1.29, 1.82) is 0 Å². The third-order valence-electron chi connectivity index (χ3n) is 3.65. The molecule has 0 spiro atoms. The Balaban J connectivity index is 1.58. The SMILES string of the molecule is O=C(CC1CSCCN1)NCc1ccccc1-n1cccn1. The molecular formula is C16H20N4OS. The van der Waals surface area contributed by atoms with Crippen molar-refractivity contribution in [3.8, 4) is 5.69 Å². The average Bonchev–Trinajstić information content (AvgIpc) is 3.08. The molecule has 0 bridgehead atoms. The van der Waals surface area contributed by atoms with E-state index >= 15 is 0 Å². The molecule has 1 aromatic heterocycles. The Morgan fingerprint density at radius 2 is 2.32 bits per heavy atom. The summed E-state index contributed by atoms with van der Waals surface area (Å²) in [6, 6.07) is 10.2. The Hall–Kier alpha value is -1.79. The summed E-state index contributed by atoms with van der Waals surface area (Å²) in [6.45, 7) is 1.51. The second-order valence-electron chi connectivity index (χ2n) is 5.29. The minimum absolute atomic E-state index is 0.0928. The van der Waals surface area contributed by atoms with Gasteiger partial charge in [0, 0.05) is 49.5 Å². The Morgan fingerprint density at radius 3 is 3.09 bits per heavy atom. The number of nitrogens with one attached hydrogen (secondary N) is 2. The summed E-state index contributed by atoms with van der Waals surface area (Å²) in [6.07, 6.45) is 4.20. The van der Waals surface area contributed by atoms with E-state index in [0.717, 1.165) is 29.3 Å². The van der Waals surface area contributed by atoms with Crippen LogP contribution in [0.15, 0.2) is 42.7 Å². The van der Waals surface area contributed by atoms with Gasteiger partial charge in [0.05, 0.1) is 5.69 Å². The zero-order valence-electron chi connectivity index (χ0n) is 12.4. The first kappa shape index (κ1) is 15.1. The molecule has 1 fully saturated rings. The zero-order chi connectivity index (χ0) is 15.2. The molecule has 3 rings (SSSR count). The second-order valence-corrected chi connectivity index (χ2v) is 6.44. The smallest absolute Gasteiger partial charge is 0.221 e. The molecule has 116 valence electrons. The summed E-state index contributed by atoms with van der Waals surface area (Å²) in [7, 11) is 0. The lowest BCUT2D eigenvalue weighted by Gasteiger charge is -2.22. The Kier molecular flexibility index (Phi) is 5.13. The molecule has 1 saturated heterocycles. The van der Waals surface area contributed by atoms with E-state index in [1.807, 2.05) is 53.0 Å². The first-order valence-corrected chi connectivity index (χ1v) is 8.64. The maximum absolute atomic E-state index is 12.1. The zero-order valence-corrected chi connectivity index (χ0v) is 13.2. The fourth-order valence-electron chi connectivity index (χ4n) is 2.54. The van der Waals surface area contributed by atoms with E-state index < -0.39 is 0 Å². The summed E-state index contributed by atoms with van der Waals surface area (Å²) >= 11 is 1.91. The van der Waals surface area contributed by atoms with Crippen molar-refractivity contribution in [3.05, 3.63) is 48.3 Å². The van der Waals surface area contributed by atoms with Crippen molar-refractivity contribution in [2.75, 3.05) is 18.1 Å². The van der Waals surface area contributed by atoms with Crippen LogP contribution in [-0.2, 0) is 11.3 Å². The molecule has 22 heavy (non-hydrogen) atoms. The lowest BCUT2D eigenvalue weighted by molar-refractivity contribution is -0.121. The van der Waals surface area contributed by atoms with Gasteiger partial charge in [0.1, 0.15) is 0 Å². The molecule has 1 aliphatic rings. The highest BCUT2D eigenvalue weighted by atomic mass is 32.2. The first-order chi connectivity index (χ1) is 10.8. The van der Waals surface area contributed by atoms with Gasteiger partial charge in [-0.1, -0.05) is 18.2 Å². The topological polar surface area (TPSA) is 59.0 Å². The molecule has 1 amide bonds. The van der Waals surface area contributed by atoms with Gasteiger partial charge in [0.2, 0.25) is 5.91 Å². The lowest BCUT2D eigenvalue weighted by Crippen LogP contribution is -2.41. The number of carbonyl (C=O) groups excluding carboxylic acids is 1. The van der Waals surface area contributed by atoms with Crippen LogP contribution in [0, 0.1) is 0 Å². The van der Waals surface area contributed by atoms with E-state index in [1.165, 1.54) is 0 Å². The monoisotopic (exact) mass is 316 g/mol. The normalized spacial score (nSPS) is 18.1. The number of rotatable bonds is 5. The van der Waals surface area contributed by atoms with Gasteiger partial charge >= 0.3 is 0 Å². The summed E-state index contributed by atoms with van der Waals surface area (Å²) in [5.74, 6) is 2.24. The predicted molar refractivity (Wildman–Crippen MR) is 89.1 cm³/mol. The summed E-state index contributed by atoms with van der Waals surface area (Å²) in [5, 5.41) is 10.7. The van der Waals surface area contributed by atoms with Gasteiger partial charge in [-0.25, -0.2) is 4.68 Å². The Morgan fingerprint density at radius 1 is 1.41 bits per heavy atom. The van der Waals surface area contributed by atoms with Gasteiger partial charge in [-0.15, -0.1) is 0 Å².